The fourth-order valence-corrected chi connectivity index (χ4v) is 25.8. The van der Waals surface area contributed by atoms with E-state index in [1.165, 1.54) is 207 Å². The van der Waals surface area contributed by atoms with Gasteiger partial charge in [0, 0.05) is 87.9 Å². The van der Waals surface area contributed by atoms with Crippen LogP contribution in [0, 0.1) is 13.8 Å². The van der Waals surface area contributed by atoms with Crippen LogP contribution >= 0.6 is 46.5 Å². The summed E-state index contributed by atoms with van der Waals surface area (Å²) >= 11 is 0. The van der Waals surface area contributed by atoms with Gasteiger partial charge in [-0.15, -0.1) is 0 Å². The molecule has 6 saturated heterocycles. The lowest BCUT2D eigenvalue weighted by atomic mass is 10.3. The molecule has 6 aliphatic heterocycles. The summed E-state index contributed by atoms with van der Waals surface area (Å²) in [5, 5.41) is 3.19. The van der Waals surface area contributed by atoms with E-state index in [1.807, 2.05) is 0 Å². The summed E-state index contributed by atoms with van der Waals surface area (Å²) in [5.74, 6) is -0.268. The highest BCUT2D eigenvalue weighted by Gasteiger charge is 2.52. The van der Waals surface area contributed by atoms with E-state index < -0.39 is 193 Å². The third-order valence-corrected chi connectivity index (χ3v) is 35.8. The van der Waals surface area contributed by atoms with Gasteiger partial charge in [0.2, 0.25) is 0 Å². The zero-order chi connectivity index (χ0) is 94.1. The summed E-state index contributed by atoms with van der Waals surface area (Å²) in [6.07, 6.45) is -4.70. The normalized spacial score (nSPS) is 26.6. The first-order valence-corrected chi connectivity index (χ1v) is 49.8. The first kappa shape index (κ1) is 99.6. The Morgan fingerprint density at radius 1 is 0.408 bits per heavy atom. The highest BCUT2D eigenvalue weighted by Crippen LogP contribution is 2.61. The maximum absolute atomic E-state index is 16.4. The zero-order valence-corrected chi connectivity index (χ0v) is 79.4. The number of nitrogens with zero attached hydrogens (tertiary/aromatic N) is 23. The number of nitrogen functional groups attached to an aromatic ring is 4. The van der Waals surface area contributed by atoms with Crippen molar-refractivity contribution in [1.82, 2.24) is 124 Å². The number of H-pyrrole nitrogens is 2. The van der Waals surface area contributed by atoms with Gasteiger partial charge in [-0.2, -0.15) is 15.0 Å². The van der Waals surface area contributed by atoms with Gasteiger partial charge in [-0.25, -0.2) is 90.3 Å². The predicted molar refractivity (Wildman–Crippen MR) is 470 cm³/mol. The van der Waals surface area contributed by atoms with Crippen molar-refractivity contribution in [3.05, 3.63) is 146 Å². The van der Waals surface area contributed by atoms with Crippen LogP contribution in [-0.2, 0) is 83.0 Å². The van der Waals surface area contributed by atoms with Crippen molar-refractivity contribution in [1.29, 1.82) is 0 Å². The van der Waals surface area contributed by atoms with E-state index in [9.17, 15) is 38.1 Å². The van der Waals surface area contributed by atoms with E-state index in [1.54, 1.807) is 14.1 Å². The largest absolute Gasteiger partial charge is 0.383 e. The van der Waals surface area contributed by atoms with Crippen LogP contribution < -0.4 is 67.8 Å². The highest BCUT2D eigenvalue weighted by atomic mass is 31.2. The van der Waals surface area contributed by atoms with Crippen LogP contribution in [0.15, 0.2) is 95.4 Å². The predicted octanol–water partition coefficient (Wildman–Crippen LogP) is -1.47. The molecule has 6 unspecified atom stereocenters. The fraction of sp³-hybridized carbons (Fsp3) is 0.638. The number of anilines is 4. The summed E-state index contributed by atoms with van der Waals surface area (Å²) < 4.78 is 194. The molecular formula is C69H112N30O25P6. The Hall–Kier alpha value is -7.83. The van der Waals surface area contributed by atoms with Crippen LogP contribution in [0.4, 0.5) is 23.3 Å². The number of fused-ring (bicyclic) bond motifs is 1. The standard InChI is InChI=1S/C69H112N30O25P6/c1-43-23-97(68(105)81-63(43)100)54-22-74-21-45(119-54)36-114-126(108,84(5)6)90-26-47(121-56(31-90)95-19-16-52(71)79-66(95)103)37-115-128(110,86(9)10)91-27-48(122-57(32-91)96-20-17-53(72)80-67(96)104)38-116-129(111,87(11)12)92-28-49(123-58(33-92)98-24-44(2)64(101)82-69(98)106)39-117-130(112,88(13)14)93-29-50(124-59(34-93)99-42-77-60-61(73)75-41-76-62(60)99)40-118-127(109,85(7)8)89-25-46(35-113-125(107)83(3)4)120-55(30-89)94-18-15-51(70)78-65(94)102/h15-20,23-24,41-42,45-50,54-59,74,125H,21-22,25-40H2,1-14H3,(H2,70,78,102)(H2,71,79,103)(H2,72,80,104)(H2,73,75,76)(H,81,100,105)(H,82,101,106)/t45-,46-,47-,48-,49-,50-,54+,55+,56+,57+,58+,59+,126?,127?,128?,129?,130?/m0/s1. The van der Waals surface area contributed by atoms with Gasteiger partial charge in [-0.1, -0.05) is 0 Å². The summed E-state index contributed by atoms with van der Waals surface area (Å²) in [7, 11) is -6.67. The molecule has 6 aliphatic rings. The number of hydrogen-bond donors (Lipinski definition) is 7. The first-order valence-electron chi connectivity index (χ1n) is 40.9. The van der Waals surface area contributed by atoms with E-state index in [0.717, 1.165) is 18.3 Å². The van der Waals surface area contributed by atoms with Crippen LogP contribution in [0.1, 0.15) is 48.5 Å². The molecule has 0 radical (unpaired) electrons. The summed E-state index contributed by atoms with van der Waals surface area (Å²) in [4.78, 5) is 123. The van der Waals surface area contributed by atoms with Crippen LogP contribution in [0.5, 0.6) is 0 Å². The summed E-state index contributed by atoms with van der Waals surface area (Å²) in [5.41, 5.74) is 19.5. The van der Waals surface area contributed by atoms with Crippen LogP contribution in [0.25, 0.3) is 11.2 Å². The Morgan fingerprint density at radius 2 is 0.715 bits per heavy atom. The number of ether oxygens (including phenoxy) is 6. The van der Waals surface area contributed by atoms with Crippen molar-refractivity contribution in [3.8, 4) is 0 Å². The lowest BCUT2D eigenvalue weighted by Gasteiger charge is -2.46. The molecule has 6 fully saturated rings. The molecule has 61 heteroatoms. The number of nitrogens with one attached hydrogen (secondary N) is 3. The van der Waals surface area contributed by atoms with Gasteiger partial charge < -0.3 is 83.8 Å². The van der Waals surface area contributed by atoms with E-state index in [2.05, 4.69) is 45.2 Å². The second-order valence-corrected chi connectivity index (χ2v) is 47.3. The number of hydrogen-bond acceptors (Lipinski definition) is 36. The number of aromatic amines is 2. The van der Waals surface area contributed by atoms with Crippen LogP contribution in [0.3, 0.4) is 0 Å². The maximum Gasteiger partial charge on any atom is 0.351 e. The fourth-order valence-electron chi connectivity index (χ4n) is 15.3. The van der Waals surface area contributed by atoms with Crippen molar-refractivity contribution >= 4 is 81.0 Å². The Morgan fingerprint density at radius 3 is 1.05 bits per heavy atom. The Kier molecular flexibility index (Phi) is 31.6. The Labute approximate surface area is 744 Å². The molecule has 18 atom stereocenters. The first-order chi connectivity index (χ1) is 61.4. The molecule has 13 heterocycles. The minimum Gasteiger partial charge on any atom is -0.383 e. The second-order valence-electron chi connectivity index (χ2n) is 32.6. The minimum atomic E-state index is -4.55. The molecule has 11 N–H and O–H groups in total. The quantitative estimate of drug-likeness (QED) is 0.0223. The topological polar surface area (TPSA) is 623 Å². The van der Waals surface area contributed by atoms with Crippen molar-refractivity contribution < 1.29 is 83.0 Å². The van der Waals surface area contributed by atoms with E-state index in [4.69, 9.17) is 78.5 Å². The molecular weight excluding hydrogens is 1830 g/mol. The molecule has 0 aliphatic carbocycles. The van der Waals surface area contributed by atoms with Gasteiger partial charge >= 0.3 is 66.8 Å². The molecule has 0 amide bonds. The number of aryl methyl sites for hydroxylation is 2. The number of aromatic nitrogens is 14. The number of imidazole rings is 1. The number of morpholine rings is 6. The lowest BCUT2D eigenvalue weighted by molar-refractivity contribution is -0.133. The molecule has 0 bridgehead atoms. The molecule has 55 nitrogen and oxygen atoms in total. The highest BCUT2D eigenvalue weighted by molar-refractivity contribution is 7.55. The molecule has 0 aromatic carbocycles. The monoisotopic (exact) mass is 1950 g/mol. The maximum atomic E-state index is 16.4. The van der Waals surface area contributed by atoms with Gasteiger partial charge in [-0.3, -0.25) is 74.3 Å². The van der Waals surface area contributed by atoms with Gasteiger partial charge in [0.1, 0.15) is 35.5 Å². The van der Waals surface area contributed by atoms with E-state index >= 15 is 22.8 Å². The molecule has 0 saturated carbocycles. The molecule has 0 spiro atoms. The molecule has 7 aromatic rings. The third kappa shape index (κ3) is 21.9. The third-order valence-electron chi connectivity index (χ3n) is 22.0. The van der Waals surface area contributed by atoms with Crippen LogP contribution in [-0.4, -0.2) is 358 Å². The molecule has 718 valence electrons. The van der Waals surface area contributed by atoms with E-state index in [0.29, 0.717) is 0 Å². The van der Waals surface area contributed by atoms with Crippen molar-refractivity contribution in [2.45, 2.75) is 87.8 Å². The average molecular weight is 1950 g/mol. The Balaban J connectivity index is 0.766. The molecule has 130 heavy (non-hydrogen) atoms. The summed E-state index contributed by atoms with van der Waals surface area (Å²) in [6, 6.07) is 4.09. The molecule has 7 aromatic heterocycles. The number of rotatable bonds is 35. The second kappa shape index (κ2) is 41.2. The molecule has 13 rings (SSSR count). The van der Waals surface area contributed by atoms with Gasteiger partial charge in [0.25, 0.3) is 19.3 Å². The lowest BCUT2D eigenvalue weighted by Crippen LogP contribution is -2.52. The zero-order valence-electron chi connectivity index (χ0n) is 74.0. The summed E-state index contributed by atoms with van der Waals surface area (Å²) in [6.45, 7) is -2.31. The Bertz CT molecular complexity index is 5960. The van der Waals surface area contributed by atoms with Gasteiger partial charge in [-0.05, 0) is 117 Å². The average Bonchev–Trinajstić information content (AvgIpc) is 1.49. The number of nitrogens with two attached hydrogens (primary N) is 4. The van der Waals surface area contributed by atoms with Crippen molar-refractivity contribution in [2.24, 2.45) is 0 Å². The van der Waals surface area contributed by atoms with Crippen molar-refractivity contribution in [3.63, 3.8) is 0 Å². The van der Waals surface area contributed by atoms with Gasteiger partial charge in [0.05, 0.1) is 115 Å². The van der Waals surface area contributed by atoms with Gasteiger partial charge in [0.15, 0.2) is 42.6 Å². The van der Waals surface area contributed by atoms with Crippen LogP contribution in [0.2, 0.25) is 0 Å². The smallest absolute Gasteiger partial charge is 0.351 e. The van der Waals surface area contributed by atoms with E-state index in [-0.39, 0.29) is 131 Å². The minimum absolute atomic E-state index is 0.0332. The van der Waals surface area contributed by atoms with Crippen molar-refractivity contribution in [2.75, 3.05) is 226 Å². The SMILES string of the molecule is Cc1cn([C@H]2CNC[C@@H](COP(=O)(N(C)C)N3C[C@@H](COP(=O)(N(C)C)N4C[C@@H](COP(=O)(N(C)C)N5C[C@@H](COP(=O)(N(C)C)N6C[C@@H](COP(=O)(N(C)C)N7C[C@@H](CO[PH](=O)N(C)C)O[C@@H](n8ccc(N)nc8=O)C7)O[C@@H](n7cnc8c(N)ncnc87)C6)O[C@@H](n6cc(C)c(=O)[nH]c6=O)C5)O[C@@H](n5ccc(N)nc5=O)C4)O[C@@H](n4ccc(N)nc4=O)C3)O2)c(=O)[nH]c1=O.